The summed E-state index contributed by atoms with van der Waals surface area (Å²) >= 11 is 6.32. The van der Waals surface area contributed by atoms with Gasteiger partial charge in [0.05, 0.1) is 11.6 Å². The summed E-state index contributed by atoms with van der Waals surface area (Å²) < 4.78 is 5.85. The molecule has 0 bridgehead atoms. The molecule has 0 unspecified atom stereocenters. The molecular weight excluding hydrogens is 270 g/mol. The zero-order valence-electron chi connectivity index (χ0n) is 12.8. The fourth-order valence-corrected chi connectivity index (χ4v) is 2.83. The highest BCUT2D eigenvalue weighted by Gasteiger charge is 2.16. The highest BCUT2D eigenvalue weighted by atomic mass is 35.5. The van der Waals surface area contributed by atoms with Crippen molar-refractivity contribution in [2.45, 2.75) is 45.4 Å². The van der Waals surface area contributed by atoms with Gasteiger partial charge in [0.15, 0.2) is 0 Å². The predicted octanol–water partition coefficient (Wildman–Crippen LogP) is 4.41. The van der Waals surface area contributed by atoms with E-state index in [1.54, 1.807) is 0 Å². The first-order chi connectivity index (χ1) is 9.47. The maximum Gasteiger partial charge on any atom is 0.137 e. The second-order valence-electron chi connectivity index (χ2n) is 6.73. The average Bonchev–Trinajstić information content (AvgIpc) is 2.40. The second kappa shape index (κ2) is 6.82. The number of piperidine rings is 1. The Bertz CT molecular complexity index is 433. The third-order valence-electron chi connectivity index (χ3n) is 4.04. The van der Waals surface area contributed by atoms with Gasteiger partial charge in [-0.2, -0.15) is 0 Å². The molecule has 20 heavy (non-hydrogen) atoms. The number of nitrogens with one attached hydrogen (secondary N) is 1. The van der Waals surface area contributed by atoms with Crippen molar-refractivity contribution in [3.63, 3.8) is 0 Å². The summed E-state index contributed by atoms with van der Waals surface area (Å²) in [6.45, 7) is 9.62. The van der Waals surface area contributed by atoms with Gasteiger partial charge in [-0.25, -0.2) is 0 Å². The molecule has 1 N–H and O–H groups in total. The van der Waals surface area contributed by atoms with E-state index < -0.39 is 0 Å². The van der Waals surface area contributed by atoms with Crippen LogP contribution in [0.4, 0.5) is 0 Å². The molecule has 0 radical (unpaired) electrons. The summed E-state index contributed by atoms with van der Waals surface area (Å²) in [5, 5.41) is 4.12. The van der Waals surface area contributed by atoms with E-state index in [-0.39, 0.29) is 5.41 Å². The summed E-state index contributed by atoms with van der Waals surface area (Å²) in [7, 11) is 0. The Kier molecular flexibility index (Phi) is 5.34. The highest BCUT2D eigenvalue weighted by molar-refractivity contribution is 6.32. The number of benzene rings is 1. The molecule has 1 aromatic carbocycles. The molecule has 0 atom stereocenters. The minimum atomic E-state index is 0.122. The lowest BCUT2D eigenvalue weighted by molar-refractivity contribution is 0.252. The summed E-state index contributed by atoms with van der Waals surface area (Å²) in [5.74, 6) is 1.61. The molecule has 1 saturated heterocycles. The van der Waals surface area contributed by atoms with Gasteiger partial charge in [-0.15, -0.1) is 0 Å². The molecule has 2 nitrogen and oxygen atoms in total. The summed E-state index contributed by atoms with van der Waals surface area (Å²) in [6, 6.07) is 6.15. The lowest BCUT2D eigenvalue weighted by atomic mass is 9.87. The first-order valence-electron chi connectivity index (χ1n) is 7.60. The van der Waals surface area contributed by atoms with Crippen LogP contribution in [0.2, 0.25) is 5.02 Å². The zero-order chi connectivity index (χ0) is 14.6. The van der Waals surface area contributed by atoms with E-state index >= 15 is 0 Å². The predicted molar refractivity (Wildman–Crippen MR) is 85.9 cm³/mol. The fourth-order valence-electron chi connectivity index (χ4n) is 2.59. The number of rotatable bonds is 4. The minimum absolute atomic E-state index is 0.122. The lowest BCUT2D eigenvalue weighted by Crippen LogP contribution is -2.28. The van der Waals surface area contributed by atoms with Crippen molar-refractivity contribution in [2.75, 3.05) is 19.7 Å². The number of hydrogen-bond acceptors (Lipinski definition) is 2. The Labute approximate surface area is 127 Å². The van der Waals surface area contributed by atoms with Crippen LogP contribution < -0.4 is 10.1 Å². The third kappa shape index (κ3) is 4.39. The smallest absolute Gasteiger partial charge is 0.137 e. The molecule has 1 fully saturated rings. The van der Waals surface area contributed by atoms with Gasteiger partial charge in [0.2, 0.25) is 0 Å². The van der Waals surface area contributed by atoms with Crippen LogP contribution in [-0.4, -0.2) is 19.7 Å². The van der Waals surface area contributed by atoms with E-state index in [9.17, 15) is 0 Å². The van der Waals surface area contributed by atoms with Crippen LogP contribution in [0.25, 0.3) is 0 Å². The molecule has 0 amide bonds. The SMILES string of the molecule is CC(C)(C)c1ccc(OCCC2CCNCC2)c(Cl)c1. The first kappa shape index (κ1) is 15.7. The highest BCUT2D eigenvalue weighted by Crippen LogP contribution is 2.31. The van der Waals surface area contributed by atoms with Crippen LogP contribution in [-0.2, 0) is 5.41 Å². The van der Waals surface area contributed by atoms with Crippen LogP contribution in [0.1, 0.15) is 45.6 Å². The van der Waals surface area contributed by atoms with Crippen LogP contribution in [0.3, 0.4) is 0 Å². The standard InChI is InChI=1S/C17H26ClNO/c1-17(2,3)14-4-5-16(15(18)12-14)20-11-8-13-6-9-19-10-7-13/h4-5,12-13,19H,6-11H2,1-3H3. The van der Waals surface area contributed by atoms with Crippen molar-refractivity contribution in [2.24, 2.45) is 5.92 Å². The van der Waals surface area contributed by atoms with Crippen LogP contribution in [0.15, 0.2) is 18.2 Å². The van der Waals surface area contributed by atoms with Gasteiger partial charge in [-0.3, -0.25) is 0 Å². The monoisotopic (exact) mass is 295 g/mol. The van der Waals surface area contributed by atoms with Crippen molar-refractivity contribution >= 4 is 11.6 Å². The molecule has 3 heteroatoms. The second-order valence-corrected chi connectivity index (χ2v) is 7.13. The van der Waals surface area contributed by atoms with Gasteiger partial charge in [0, 0.05) is 0 Å². The minimum Gasteiger partial charge on any atom is -0.492 e. The Morgan fingerprint density at radius 1 is 1.25 bits per heavy atom. The van der Waals surface area contributed by atoms with Crippen molar-refractivity contribution in [3.05, 3.63) is 28.8 Å². The van der Waals surface area contributed by atoms with Crippen LogP contribution >= 0.6 is 11.6 Å². The molecule has 1 aromatic rings. The molecule has 0 aromatic heterocycles. The Balaban J connectivity index is 1.86. The van der Waals surface area contributed by atoms with Crippen molar-refractivity contribution in [3.8, 4) is 5.75 Å². The zero-order valence-corrected chi connectivity index (χ0v) is 13.6. The van der Waals surface area contributed by atoms with Crippen LogP contribution in [0.5, 0.6) is 5.75 Å². The average molecular weight is 296 g/mol. The Morgan fingerprint density at radius 3 is 2.55 bits per heavy atom. The van der Waals surface area contributed by atoms with Crippen molar-refractivity contribution in [1.29, 1.82) is 0 Å². The van der Waals surface area contributed by atoms with Crippen LogP contribution in [0, 0.1) is 5.92 Å². The van der Waals surface area contributed by atoms with Gasteiger partial charge in [-0.05, 0) is 61.4 Å². The van der Waals surface area contributed by atoms with Gasteiger partial charge in [-0.1, -0.05) is 38.4 Å². The maximum atomic E-state index is 6.32. The fraction of sp³-hybridized carbons (Fsp3) is 0.647. The molecule has 1 aliphatic heterocycles. The molecule has 1 heterocycles. The number of ether oxygens (including phenoxy) is 1. The van der Waals surface area contributed by atoms with Gasteiger partial charge >= 0.3 is 0 Å². The summed E-state index contributed by atoms with van der Waals surface area (Å²) in [4.78, 5) is 0. The molecule has 0 aliphatic carbocycles. The largest absolute Gasteiger partial charge is 0.492 e. The molecule has 1 aliphatic rings. The normalized spacial score (nSPS) is 17.2. The van der Waals surface area contributed by atoms with E-state index in [1.165, 1.54) is 18.4 Å². The molecule has 112 valence electrons. The van der Waals surface area contributed by atoms with E-state index in [0.717, 1.165) is 42.8 Å². The quantitative estimate of drug-likeness (QED) is 0.888. The number of halogens is 1. The first-order valence-corrected chi connectivity index (χ1v) is 7.98. The lowest BCUT2D eigenvalue weighted by Gasteiger charge is -2.23. The van der Waals surface area contributed by atoms with Crippen molar-refractivity contribution in [1.82, 2.24) is 5.32 Å². The Hall–Kier alpha value is -0.730. The van der Waals surface area contributed by atoms with Crippen molar-refractivity contribution < 1.29 is 4.74 Å². The maximum absolute atomic E-state index is 6.32. The van der Waals surface area contributed by atoms with E-state index in [4.69, 9.17) is 16.3 Å². The molecule has 2 rings (SSSR count). The molecular formula is C17H26ClNO. The third-order valence-corrected chi connectivity index (χ3v) is 4.34. The van der Waals surface area contributed by atoms with E-state index in [0.29, 0.717) is 0 Å². The Morgan fingerprint density at radius 2 is 1.95 bits per heavy atom. The molecule has 0 saturated carbocycles. The van der Waals surface area contributed by atoms with E-state index in [2.05, 4.69) is 32.2 Å². The topological polar surface area (TPSA) is 21.3 Å². The summed E-state index contributed by atoms with van der Waals surface area (Å²) in [5.41, 5.74) is 1.37. The van der Waals surface area contributed by atoms with Gasteiger partial charge in [0.25, 0.3) is 0 Å². The molecule has 0 spiro atoms. The van der Waals surface area contributed by atoms with Gasteiger partial charge in [0.1, 0.15) is 5.75 Å². The summed E-state index contributed by atoms with van der Waals surface area (Å²) in [6.07, 6.45) is 3.65. The van der Waals surface area contributed by atoms with E-state index in [1.807, 2.05) is 12.1 Å². The number of hydrogen-bond donors (Lipinski definition) is 1. The van der Waals surface area contributed by atoms with Gasteiger partial charge < -0.3 is 10.1 Å².